The van der Waals surface area contributed by atoms with Crippen molar-refractivity contribution in [3.8, 4) is 17.6 Å². The van der Waals surface area contributed by atoms with Crippen molar-refractivity contribution in [2.24, 2.45) is 0 Å². The van der Waals surface area contributed by atoms with E-state index in [1.807, 2.05) is 4.90 Å². The van der Waals surface area contributed by atoms with Gasteiger partial charge in [-0.2, -0.15) is 13.2 Å². The lowest BCUT2D eigenvalue weighted by Crippen LogP contribution is -2.48. The van der Waals surface area contributed by atoms with E-state index in [1.54, 1.807) is 31.4 Å². The molecule has 0 spiro atoms. The summed E-state index contributed by atoms with van der Waals surface area (Å²) in [7, 11) is 3.00. The molecule has 3 aromatic rings. The number of benzene rings is 2. The van der Waals surface area contributed by atoms with E-state index in [4.69, 9.17) is 14.6 Å². The van der Waals surface area contributed by atoms with Crippen LogP contribution in [0.25, 0.3) is 10.9 Å². The number of aromatic carboxylic acids is 1. The number of methoxy groups -OCH3 is 2. The van der Waals surface area contributed by atoms with E-state index >= 15 is 4.39 Å². The number of rotatable bonds is 10. The zero-order valence-electron chi connectivity index (χ0n) is 22.7. The molecular formula is C29H32F4N4O4. The van der Waals surface area contributed by atoms with Crippen LogP contribution in [0.1, 0.15) is 22.5 Å². The van der Waals surface area contributed by atoms with Gasteiger partial charge in [-0.15, -0.1) is 0 Å². The fraction of sp³-hybridized carbons (Fsp3) is 0.414. The molecule has 2 heterocycles. The van der Waals surface area contributed by atoms with E-state index < -0.39 is 30.9 Å². The molecule has 1 unspecified atom stereocenters. The number of piperidine rings is 1. The lowest BCUT2D eigenvalue weighted by atomic mass is 10.0. The lowest BCUT2D eigenvalue weighted by molar-refractivity contribution is -0.140. The van der Waals surface area contributed by atoms with E-state index in [0.717, 1.165) is 4.57 Å². The molecule has 8 nitrogen and oxygen atoms in total. The normalized spacial score (nSPS) is 17.6. The Labute approximate surface area is 235 Å². The van der Waals surface area contributed by atoms with Crippen LogP contribution in [0.15, 0.2) is 42.5 Å². The molecule has 1 aromatic heterocycles. The van der Waals surface area contributed by atoms with Gasteiger partial charge in [0.15, 0.2) is 0 Å². The third kappa shape index (κ3) is 7.62. The highest BCUT2D eigenvalue weighted by Crippen LogP contribution is 2.32. The SMILES string of the molecule is COCCN1CCC(Nc2cccc3c2cc(C#CCNc2ccc(C(=O)O)cc2OC)n3CC(F)(F)F)[C@H](F)C1. The molecule has 41 heavy (non-hydrogen) atoms. The summed E-state index contributed by atoms with van der Waals surface area (Å²) in [5.41, 5.74) is 1.58. The Balaban J connectivity index is 1.56. The fourth-order valence-electron chi connectivity index (χ4n) is 4.86. The van der Waals surface area contributed by atoms with Gasteiger partial charge in [0.2, 0.25) is 0 Å². The van der Waals surface area contributed by atoms with Crippen molar-refractivity contribution in [2.45, 2.75) is 31.4 Å². The Morgan fingerprint density at radius 3 is 2.66 bits per heavy atom. The van der Waals surface area contributed by atoms with Gasteiger partial charge in [-0.05, 0) is 48.7 Å². The van der Waals surface area contributed by atoms with E-state index in [1.165, 1.54) is 25.3 Å². The van der Waals surface area contributed by atoms with E-state index in [-0.39, 0.29) is 24.3 Å². The van der Waals surface area contributed by atoms with Crippen molar-refractivity contribution in [1.82, 2.24) is 9.47 Å². The van der Waals surface area contributed by atoms with Crippen molar-refractivity contribution >= 4 is 28.2 Å². The van der Waals surface area contributed by atoms with Crippen LogP contribution >= 0.6 is 0 Å². The second kappa shape index (κ2) is 13.1. The summed E-state index contributed by atoms with van der Waals surface area (Å²) >= 11 is 0. The number of anilines is 2. The van der Waals surface area contributed by atoms with Gasteiger partial charge in [-0.1, -0.05) is 12.0 Å². The summed E-state index contributed by atoms with van der Waals surface area (Å²) < 4.78 is 67.1. The maximum atomic E-state index is 15.0. The number of halogens is 4. The fourth-order valence-corrected chi connectivity index (χ4v) is 4.86. The standard InChI is InChI=1S/C29H32F4N4O4/c1-40-14-13-36-12-10-24(22(30)17-36)35-23-6-3-7-26-21(23)16-20(37(26)18-29(31,32)33)5-4-11-34-25-9-8-19(28(38)39)15-27(25)41-2/h3,6-9,15-16,22,24,34-35H,10-14,17-18H2,1-2H3,(H,38,39)/t22-,24?/m1/s1. The van der Waals surface area contributed by atoms with Crippen LogP contribution < -0.4 is 15.4 Å². The second-order valence-corrected chi connectivity index (χ2v) is 9.69. The van der Waals surface area contributed by atoms with E-state index in [9.17, 15) is 18.0 Å². The Bertz CT molecular complexity index is 1430. The summed E-state index contributed by atoms with van der Waals surface area (Å²) in [4.78, 5) is 13.2. The van der Waals surface area contributed by atoms with Crippen LogP contribution in [0.5, 0.6) is 5.75 Å². The van der Waals surface area contributed by atoms with Gasteiger partial charge in [-0.3, -0.25) is 4.90 Å². The molecule has 4 rings (SSSR count). The summed E-state index contributed by atoms with van der Waals surface area (Å²) in [6.45, 7) is 0.912. The Morgan fingerprint density at radius 1 is 1.17 bits per heavy atom. The summed E-state index contributed by atoms with van der Waals surface area (Å²) in [5, 5.41) is 15.9. The van der Waals surface area contributed by atoms with Crippen molar-refractivity contribution in [3.05, 3.63) is 53.7 Å². The zero-order valence-corrected chi connectivity index (χ0v) is 22.7. The Morgan fingerprint density at radius 2 is 1.98 bits per heavy atom. The first kappa shape index (κ1) is 30.0. The van der Waals surface area contributed by atoms with Crippen LogP contribution in [-0.4, -0.2) is 85.9 Å². The van der Waals surface area contributed by atoms with Crippen molar-refractivity contribution < 1.29 is 36.9 Å². The van der Waals surface area contributed by atoms with Crippen molar-refractivity contribution in [1.29, 1.82) is 0 Å². The lowest BCUT2D eigenvalue weighted by Gasteiger charge is -2.35. The quantitative estimate of drug-likeness (QED) is 0.235. The molecule has 1 fully saturated rings. The van der Waals surface area contributed by atoms with Crippen molar-refractivity contribution in [3.63, 3.8) is 0 Å². The minimum Gasteiger partial charge on any atom is -0.495 e. The molecule has 2 aromatic carbocycles. The first-order valence-electron chi connectivity index (χ1n) is 13.0. The zero-order chi connectivity index (χ0) is 29.6. The molecule has 3 N–H and O–H groups in total. The second-order valence-electron chi connectivity index (χ2n) is 9.69. The van der Waals surface area contributed by atoms with Gasteiger partial charge in [0, 0.05) is 37.8 Å². The Hall–Kier alpha value is -3.95. The number of carboxylic acid groups (broad SMARTS) is 1. The molecule has 2 atom stereocenters. The molecule has 220 valence electrons. The van der Waals surface area contributed by atoms with Crippen LogP contribution in [0.2, 0.25) is 0 Å². The number of hydrogen-bond acceptors (Lipinski definition) is 6. The number of aromatic nitrogens is 1. The maximum absolute atomic E-state index is 15.0. The molecule has 1 aliphatic rings. The first-order valence-corrected chi connectivity index (χ1v) is 13.0. The third-order valence-electron chi connectivity index (χ3n) is 6.89. The van der Waals surface area contributed by atoms with Gasteiger partial charge in [-0.25, -0.2) is 9.18 Å². The molecule has 0 radical (unpaired) electrons. The number of alkyl halides is 4. The number of nitrogens with one attached hydrogen (secondary N) is 2. The minimum atomic E-state index is -4.48. The Kier molecular flexibility index (Phi) is 9.62. The minimum absolute atomic E-state index is 0.0512. The van der Waals surface area contributed by atoms with Crippen molar-refractivity contribution in [2.75, 3.05) is 57.6 Å². The number of likely N-dealkylation sites (tertiary alicyclic amines) is 1. The number of carbonyl (C=O) groups is 1. The summed E-state index contributed by atoms with van der Waals surface area (Å²) in [6, 6.07) is 10.4. The van der Waals surface area contributed by atoms with Gasteiger partial charge >= 0.3 is 12.1 Å². The van der Waals surface area contributed by atoms with Crippen LogP contribution in [-0.2, 0) is 11.3 Å². The maximum Gasteiger partial charge on any atom is 0.406 e. The van der Waals surface area contributed by atoms with Gasteiger partial charge in [0.25, 0.3) is 0 Å². The monoisotopic (exact) mass is 576 g/mol. The summed E-state index contributed by atoms with van der Waals surface area (Å²) in [6.07, 6.45) is -5.10. The molecule has 1 saturated heterocycles. The van der Waals surface area contributed by atoms with E-state index in [0.29, 0.717) is 54.1 Å². The predicted octanol–water partition coefficient (Wildman–Crippen LogP) is 4.84. The summed E-state index contributed by atoms with van der Waals surface area (Å²) in [5.74, 6) is 4.86. The first-order chi connectivity index (χ1) is 19.6. The van der Waals surface area contributed by atoms with Crippen LogP contribution in [0, 0.1) is 11.8 Å². The molecular weight excluding hydrogens is 544 g/mol. The molecule has 1 aliphatic heterocycles. The molecule has 0 amide bonds. The molecule has 0 saturated carbocycles. The van der Waals surface area contributed by atoms with Gasteiger partial charge in [0.1, 0.15) is 18.5 Å². The predicted molar refractivity (Wildman–Crippen MR) is 149 cm³/mol. The number of carboxylic acids is 1. The van der Waals surface area contributed by atoms with Crippen LogP contribution in [0.3, 0.4) is 0 Å². The van der Waals surface area contributed by atoms with Gasteiger partial charge in [0.05, 0.1) is 48.8 Å². The number of hydrogen-bond donors (Lipinski definition) is 3. The highest BCUT2D eigenvalue weighted by atomic mass is 19.4. The van der Waals surface area contributed by atoms with Gasteiger partial charge < -0.3 is 29.8 Å². The largest absolute Gasteiger partial charge is 0.495 e. The third-order valence-corrected chi connectivity index (χ3v) is 6.89. The number of nitrogens with zero attached hydrogens (tertiary/aromatic N) is 2. The average Bonchev–Trinajstić information content (AvgIpc) is 3.27. The van der Waals surface area contributed by atoms with E-state index in [2.05, 4.69) is 22.5 Å². The topological polar surface area (TPSA) is 88.0 Å². The highest BCUT2D eigenvalue weighted by molar-refractivity contribution is 5.94. The highest BCUT2D eigenvalue weighted by Gasteiger charge is 2.31. The average molecular weight is 577 g/mol. The molecule has 12 heteroatoms. The number of ether oxygens (including phenoxy) is 2. The molecule has 0 aliphatic carbocycles. The number of fused-ring (bicyclic) bond motifs is 1. The smallest absolute Gasteiger partial charge is 0.406 e. The van der Waals surface area contributed by atoms with Crippen LogP contribution in [0.4, 0.5) is 28.9 Å². The molecule has 0 bridgehead atoms.